The minimum absolute atomic E-state index is 0.865. The van der Waals surface area contributed by atoms with Gasteiger partial charge in [-0.15, -0.1) is 0 Å². The largest absolute Gasteiger partial charge is 0.456 e. The van der Waals surface area contributed by atoms with Crippen LogP contribution in [-0.2, 0) is 0 Å². The van der Waals surface area contributed by atoms with Gasteiger partial charge in [0, 0.05) is 51.0 Å². The van der Waals surface area contributed by atoms with E-state index >= 15 is 0 Å². The van der Waals surface area contributed by atoms with Crippen LogP contribution < -0.4 is 30.5 Å². The van der Waals surface area contributed by atoms with E-state index in [1.165, 1.54) is 43.2 Å². The molecule has 58 heavy (non-hydrogen) atoms. The highest BCUT2D eigenvalue weighted by Crippen LogP contribution is 2.43. The van der Waals surface area contributed by atoms with Gasteiger partial charge in [0.1, 0.15) is 11.2 Å². The van der Waals surface area contributed by atoms with E-state index in [1.54, 1.807) is 0 Å². The number of rotatable bonds is 7. The zero-order chi connectivity index (χ0) is 38.5. The van der Waals surface area contributed by atoms with Crippen molar-refractivity contribution in [1.82, 2.24) is 0 Å². The fourth-order valence-corrected chi connectivity index (χ4v) is 14.3. The first-order chi connectivity index (χ1) is 28.8. The topological polar surface area (TPSA) is 19.6 Å². The molecule has 0 fully saturated rings. The summed E-state index contributed by atoms with van der Waals surface area (Å²) in [7, 11) is -2.94. The molecule has 0 saturated heterocycles. The molecule has 1 aliphatic rings. The van der Waals surface area contributed by atoms with Crippen molar-refractivity contribution in [3.05, 3.63) is 231 Å². The van der Waals surface area contributed by atoms with Gasteiger partial charge in [0.05, 0.1) is 0 Å². The van der Waals surface area contributed by atoms with Gasteiger partial charge in [0.25, 0.3) is 0 Å². The number of fused-ring (bicyclic) bond motifs is 5. The molecule has 0 aliphatic carbocycles. The highest BCUT2D eigenvalue weighted by molar-refractivity contribution is 7.21. The Bertz CT molecular complexity index is 3020. The number of furan rings is 1. The zero-order valence-electron chi connectivity index (χ0n) is 31.7. The van der Waals surface area contributed by atoms with Crippen molar-refractivity contribution in [1.29, 1.82) is 0 Å². The van der Waals surface area contributed by atoms with Gasteiger partial charge in [-0.25, -0.2) is 0 Å². The molecule has 0 N–H and O–H groups in total. The second-order valence-corrected chi connectivity index (χ2v) is 18.6. The lowest BCUT2D eigenvalue weighted by Gasteiger charge is -2.45. The van der Waals surface area contributed by atoms with Crippen LogP contribution in [0, 0.1) is 0 Å². The average molecular weight is 759 g/mol. The van der Waals surface area contributed by atoms with Gasteiger partial charge in [0.15, 0.2) is 8.07 Å². The Labute approximate surface area is 339 Å². The highest BCUT2D eigenvalue weighted by atomic mass is 28.3. The van der Waals surface area contributed by atoms with Crippen LogP contribution in [0.1, 0.15) is 0 Å². The average Bonchev–Trinajstić information content (AvgIpc) is 3.68. The molecule has 274 valence electrons. The molecular formula is C54H38N2OSi. The SMILES string of the molecule is c1ccc(-c2ccc(N(c3ccc4c(c3)[Si](c3ccccc3)(c3ccccc3)c3ccccc3N4c3ccccc3)c3ccc4c(c3)oc3ccccc34)cc2)cc1. The van der Waals surface area contributed by atoms with Gasteiger partial charge in [0.2, 0.25) is 0 Å². The summed E-state index contributed by atoms with van der Waals surface area (Å²) in [5.74, 6) is 0. The Kier molecular flexibility index (Phi) is 8.16. The number of anilines is 6. The van der Waals surface area contributed by atoms with Crippen molar-refractivity contribution in [3.63, 3.8) is 0 Å². The van der Waals surface area contributed by atoms with Crippen LogP contribution in [0.2, 0.25) is 0 Å². The van der Waals surface area contributed by atoms with E-state index in [-0.39, 0.29) is 0 Å². The molecule has 0 bridgehead atoms. The van der Waals surface area contributed by atoms with E-state index < -0.39 is 8.07 Å². The fraction of sp³-hybridized carbons (Fsp3) is 0. The van der Waals surface area contributed by atoms with Crippen LogP contribution in [0.15, 0.2) is 235 Å². The van der Waals surface area contributed by atoms with E-state index in [0.717, 1.165) is 44.7 Å². The van der Waals surface area contributed by atoms with E-state index in [4.69, 9.17) is 4.42 Å². The summed E-state index contributed by atoms with van der Waals surface area (Å²) in [5.41, 5.74) is 10.9. The molecule has 2 heterocycles. The van der Waals surface area contributed by atoms with Gasteiger partial charge >= 0.3 is 0 Å². The van der Waals surface area contributed by atoms with E-state index in [0.29, 0.717) is 0 Å². The second kappa shape index (κ2) is 14.0. The summed E-state index contributed by atoms with van der Waals surface area (Å²) >= 11 is 0. The Balaban J connectivity index is 1.20. The fourth-order valence-electron chi connectivity index (χ4n) is 9.17. The maximum Gasteiger partial charge on any atom is 0.184 e. The van der Waals surface area contributed by atoms with Gasteiger partial charge in [-0.1, -0.05) is 158 Å². The molecular weight excluding hydrogens is 721 g/mol. The van der Waals surface area contributed by atoms with Crippen molar-refractivity contribution < 1.29 is 4.42 Å². The van der Waals surface area contributed by atoms with Gasteiger partial charge < -0.3 is 14.2 Å². The van der Waals surface area contributed by atoms with Crippen molar-refractivity contribution in [3.8, 4) is 11.1 Å². The Morgan fingerprint density at radius 3 is 1.60 bits per heavy atom. The lowest BCUT2D eigenvalue weighted by molar-refractivity contribution is 0.669. The monoisotopic (exact) mass is 758 g/mol. The third-order valence-electron chi connectivity index (χ3n) is 11.7. The number of nitrogens with zero attached hydrogens (tertiary/aromatic N) is 2. The van der Waals surface area contributed by atoms with Crippen LogP contribution in [0.5, 0.6) is 0 Å². The standard InChI is InChI=1S/C54H38N2OSi/c1-5-17-39(18-6-1)40-29-31-42(32-30-40)55(43-33-35-48-47-25-13-15-27-51(47)57-52(48)37-43)44-34-36-50-54(38-44)58(45-21-9-3-10-22-45,46-23-11-4-12-24-46)53-28-16-14-26-49(53)56(50)41-19-7-2-8-20-41/h1-38H. The Morgan fingerprint density at radius 2 is 0.879 bits per heavy atom. The predicted octanol–water partition coefficient (Wildman–Crippen LogP) is 11.9. The molecule has 9 aromatic carbocycles. The third-order valence-corrected chi connectivity index (χ3v) is 16.6. The van der Waals surface area contributed by atoms with Crippen LogP contribution in [0.4, 0.5) is 34.1 Å². The van der Waals surface area contributed by atoms with Gasteiger partial charge in [-0.05, 0) is 98.6 Å². The molecule has 4 heteroatoms. The smallest absolute Gasteiger partial charge is 0.184 e. The Hall–Kier alpha value is -7.40. The quantitative estimate of drug-likeness (QED) is 0.151. The number of benzene rings is 9. The molecule has 10 aromatic rings. The van der Waals surface area contributed by atoms with Crippen LogP contribution in [0.25, 0.3) is 33.1 Å². The molecule has 0 saturated carbocycles. The van der Waals surface area contributed by atoms with Crippen molar-refractivity contribution >= 4 is 84.9 Å². The van der Waals surface area contributed by atoms with Crippen LogP contribution in [-0.4, -0.2) is 8.07 Å². The van der Waals surface area contributed by atoms with E-state index in [9.17, 15) is 0 Å². The number of hydrogen-bond acceptors (Lipinski definition) is 3. The molecule has 1 aliphatic heterocycles. The molecule has 0 amide bonds. The normalized spacial score (nSPS) is 12.9. The first-order valence-electron chi connectivity index (χ1n) is 19.8. The van der Waals surface area contributed by atoms with Crippen molar-refractivity contribution in [2.24, 2.45) is 0 Å². The van der Waals surface area contributed by atoms with Crippen molar-refractivity contribution in [2.45, 2.75) is 0 Å². The summed E-state index contributed by atoms with van der Waals surface area (Å²) in [5, 5.41) is 7.63. The number of hydrogen-bond donors (Lipinski definition) is 0. The minimum atomic E-state index is -2.94. The summed E-state index contributed by atoms with van der Waals surface area (Å²) in [6.45, 7) is 0. The zero-order valence-corrected chi connectivity index (χ0v) is 32.7. The maximum atomic E-state index is 6.51. The maximum absolute atomic E-state index is 6.51. The second-order valence-electron chi connectivity index (χ2n) is 14.9. The molecule has 0 radical (unpaired) electrons. The van der Waals surface area contributed by atoms with E-state index in [1.807, 2.05) is 12.1 Å². The van der Waals surface area contributed by atoms with Crippen LogP contribution in [0.3, 0.4) is 0 Å². The summed E-state index contributed by atoms with van der Waals surface area (Å²) < 4.78 is 6.51. The molecule has 0 atom stereocenters. The van der Waals surface area contributed by atoms with Gasteiger partial charge in [-0.2, -0.15) is 0 Å². The molecule has 3 nitrogen and oxygen atoms in total. The minimum Gasteiger partial charge on any atom is -0.456 e. The first kappa shape index (κ1) is 33.9. The predicted molar refractivity (Wildman–Crippen MR) is 246 cm³/mol. The number of para-hydroxylation sites is 3. The molecule has 1 aromatic heterocycles. The van der Waals surface area contributed by atoms with Crippen LogP contribution >= 0.6 is 0 Å². The molecule has 0 unspecified atom stereocenters. The lowest BCUT2D eigenvalue weighted by atomic mass is 10.0. The lowest BCUT2D eigenvalue weighted by Crippen LogP contribution is -2.77. The van der Waals surface area contributed by atoms with Gasteiger partial charge in [-0.3, -0.25) is 0 Å². The third kappa shape index (κ3) is 5.41. The van der Waals surface area contributed by atoms with Crippen molar-refractivity contribution in [2.75, 3.05) is 9.80 Å². The first-order valence-corrected chi connectivity index (χ1v) is 21.8. The summed E-state index contributed by atoms with van der Waals surface area (Å²) in [6.07, 6.45) is 0. The molecule has 11 rings (SSSR count). The highest BCUT2D eigenvalue weighted by Gasteiger charge is 2.49. The summed E-state index contributed by atoms with van der Waals surface area (Å²) in [4.78, 5) is 4.86. The summed E-state index contributed by atoms with van der Waals surface area (Å²) in [6, 6.07) is 83.9. The Morgan fingerprint density at radius 1 is 0.362 bits per heavy atom. The molecule has 0 spiro atoms. The van der Waals surface area contributed by atoms with E-state index in [2.05, 4.69) is 228 Å².